The zero-order chi connectivity index (χ0) is 18.7. The molecule has 1 aliphatic rings. The van der Waals surface area contributed by atoms with Gasteiger partial charge in [0.15, 0.2) is 0 Å². The number of aromatic nitrogens is 1. The Bertz CT molecular complexity index is 768. The molecule has 5 heteroatoms. The fourth-order valence-electron chi connectivity index (χ4n) is 3.26. The van der Waals surface area contributed by atoms with Crippen molar-refractivity contribution in [1.82, 2.24) is 10.5 Å². The molecule has 2 heterocycles. The topological polar surface area (TPSA) is 60.5 Å². The molecule has 1 fully saturated rings. The molecule has 0 bridgehead atoms. The van der Waals surface area contributed by atoms with Crippen LogP contribution in [0.4, 0.5) is 0 Å². The van der Waals surface area contributed by atoms with E-state index in [0.29, 0.717) is 13.2 Å². The number of benzene rings is 1. The van der Waals surface area contributed by atoms with E-state index in [4.69, 9.17) is 9.57 Å². The summed E-state index contributed by atoms with van der Waals surface area (Å²) in [5.74, 6) is 0.892. The fraction of sp³-hybridized carbons (Fsp3) is 0.429. The molecule has 0 radical (unpaired) electrons. The van der Waals surface area contributed by atoms with Gasteiger partial charge in [-0.05, 0) is 37.8 Å². The zero-order valence-corrected chi connectivity index (χ0v) is 15.8. The molecule has 1 unspecified atom stereocenters. The molecule has 1 aliphatic heterocycles. The second kappa shape index (κ2) is 7.46. The van der Waals surface area contributed by atoms with Gasteiger partial charge in [0.1, 0.15) is 5.75 Å². The van der Waals surface area contributed by atoms with Gasteiger partial charge in [0, 0.05) is 29.9 Å². The molecule has 2 aromatic rings. The maximum Gasteiger partial charge on any atom is 0.252 e. The van der Waals surface area contributed by atoms with Crippen molar-refractivity contribution >= 4 is 5.91 Å². The van der Waals surface area contributed by atoms with Gasteiger partial charge < -0.3 is 4.74 Å². The van der Waals surface area contributed by atoms with E-state index in [1.807, 2.05) is 32.9 Å². The first-order chi connectivity index (χ1) is 12.4. The van der Waals surface area contributed by atoms with E-state index in [9.17, 15) is 4.79 Å². The van der Waals surface area contributed by atoms with Crippen LogP contribution in [0, 0.1) is 19.3 Å². The number of ether oxygens (including phenoxy) is 1. The molecule has 0 saturated carbocycles. The third kappa shape index (κ3) is 3.88. The van der Waals surface area contributed by atoms with Crippen molar-refractivity contribution in [2.75, 3.05) is 13.2 Å². The molecule has 0 spiro atoms. The van der Waals surface area contributed by atoms with Crippen LogP contribution >= 0.6 is 0 Å². The lowest BCUT2D eigenvalue weighted by molar-refractivity contribution is -0.129. The quantitative estimate of drug-likeness (QED) is 0.863. The van der Waals surface area contributed by atoms with Gasteiger partial charge >= 0.3 is 0 Å². The van der Waals surface area contributed by atoms with Gasteiger partial charge in [-0.1, -0.05) is 31.2 Å². The molecular formula is C21H26N2O3. The first-order valence-corrected chi connectivity index (χ1v) is 8.97. The minimum atomic E-state index is -0.526. The Morgan fingerprint density at radius 3 is 2.46 bits per heavy atom. The lowest BCUT2D eigenvalue weighted by atomic mass is 9.75. The number of nitrogens with one attached hydrogen (secondary N) is 1. The van der Waals surface area contributed by atoms with E-state index in [1.165, 1.54) is 5.56 Å². The Kier molecular flexibility index (Phi) is 5.28. The number of rotatable bonds is 6. The summed E-state index contributed by atoms with van der Waals surface area (Å²) in [6, 6.07) is 12.3. The highest BCUT2D eigenvalue weighted by molar-refractivity contribution is 5.84. The summed E-state index contributed by atoms with van der Waals surface area (Å²) in [7, 11) is 0. The van der Waals surface area contributed by atoms with Crippen LogP contribution in [0.3, 0.4) is 0 Å². The van der Waals surface area contributed by atoms with Gasteiger partial charge in [0.2, 0.25) is 0 Å². The molecular weight excluding hydrogens is 328 g/mol. The second-order valence-electron chi connectivity index (χ2n) is 7.28. The van der Waals surface area contributed by atoms with Gasteiger partial charge in [-0.15, -0.1) is 0 Å². The number of hydrogen-bond acceptors (Lipinski definition) is 4. The predicted octanol–water partition coefficient (Wildman–Crippen LogP) is 3.49. The largest absolute Gasteiger partial charge is 0.493 e. The Labute approximate surface area is 154 Å². The summed E-state index contributed by atoms with van der Waals surface area (Å²) in [5, 5.41) is 0. The van der Waals surface area contributed by atoms with Gasteiger partial charge in [-0.2, -0.15) is 0 Å². The Balaban J connectivity index is 1.58. The molecule has 3 rings (SSSR count). The lowest BCUT2D eigenvalue weighted by Gasteiger charge is -2.27. The van der Waals surface area contributed by atoms with Crippen LogP contribution in [-0.4, -0.2) is 24.1 Å². The minimum absolute atomic E-state index is 0.0505. The van der Waals surface area contributed by atoms with Crippen molar-refractivity contribution in [3.63, 3.8) is 0 Å². The molecule has 1 amide bonds. The zero-order valence-electron chi connectivity index (χ0n) is 15.8. The minimum Gasteiger partial charge on any atom is -0.493 e. The van der Waals surface area contributed by atoms with Crippen LogP contribution in [0.1, 0.15) is 42.3 Å². The van der Waals surface area contributed by atoms with Crippen molar-refractivity contribution in [2.24, 2.45) is 5.41 Å². The first kappa shape index (κ1) is 18.4. The van der Waals surface area contributed by atoms with Crippen LogP contribution in [-0.2, 0) is 16.1 Å². The lowest BCUT2D eigenvalue weighted by Crippen LogP contribution is -2.34. The van der Waals surface area contributed by atoms with Gasteiger partial charge in [-0.3, -0.25) is 14.6 Å². The average Bonchev–Trinajstić information content (AvgIpc) is 2.94. The molecule has 26 heavy (non-hydrogen) atoms. The summed E-state index contributed by atoms with van der Waals surface area (Å²) in [6.07, 6.45) is 0.829. The van der Waals surface area contributed by atoms with Crippen LogP contribution in [0.15, 0.2) is 36.4 Å². The van der Waals surface area contributed by atoms with E-state index >= 15 is 0 Å². The number of carbonyl (C=O) groups is 1. The molecule has 5 nitrogen and oxygen atoms in total. The number of aryl methyl sites for hydroxylation is 2. The molecule has 1 aromatic carbocycles. The second-order valence-corrected chi connectivity index (χ2v) is 7.28. The maximum atomic E-state index is 12.0. The average molecular weight is 354 g/mol. The van der Waals surface area contributed by atoms with Gasteiger partial charge in [0.25, 0.3) is 5.91 Å². The van der Waals surface area contributed by atoms with E-state index in [1.54, 1.807) is 0 Å². The summed E-state index contributed by atoms with van der Waals surface area (Å²) in [5.41, 5.74) is 6.21. The molecule has 1 aromatic heterocycles. The Hall–Kier alpha value is -2.40. The molecule has 0 aliphatic carbocycles. The Morgan fingerprint density at radius 1 is 1.23 bits per heavy atom. The number of pyridine rings is 1. The first-order valence-electron chi connectivity index (χ1n) is 8.97. The SMILES string of the molecule is Cc1cc(OCCc2ccc([C@@H](C)C3(C)CONC3=O)cc2)cc(C)n1. The highest BCUT2D eigenvalue weighted by Crippen LogP contribution is 2.38. The maximum absolute atomic E-state index is 12.0. The predicted molar refractivity (Wildman–Crippen MR) is 100.0 cm³/mol. The molecule has 1 N–H and O–H groups in total. The fourth-order valence-corrected chi connectivity index (χ4v) is 3.26. The van der Waals surface area contributed by atoms with Crippen molar-refractivity contribution < 1.29 is 14.4 Å². The summed E-state index contributed by atoms with van der Waals surface area (Å²) >= 11 is 0. The van der Waals surface area contributed by atoms with Gasteiger partial charge in [0.05, 0.1) is 18.6 Å². The highest BCUT2D eigenvalue weighted by atomic mass is 16.7. The normalized spacial score (nSPS) is 20.7. The highest BCUT2D eigenvalue weighted by Gasteiger charge is 2.44. The van der Waals surface area contributed by atoms with Gasteiger partial charge in [-0.25, -0.2) is 5.48 Å². The monoisotopic (exact) mass is 354 g/mol. The number of carbonyl (C=O) groups excluding carboxylic acids is 1. The smallest absolute Gasteiger partial charge is 0.252 e. The van der Waals surface area contributed by atoms with Crippen molar-refractivity contribution in [2.45, 2.75) is 40.0 Å². The van der Waals surface area contributed by atoms with Crippen LogP contribution in [0.5, 0.6) is 5.75 Å². The number of hydroxylamine groups is 1. The van der Waals surface area contributed by atoms with Crippen molar-refractivity contribution in [3.05, 3.63) is 58.9 Å². The van der Waals surface area contributed by atoms with Crippen LogP contribution in [0.25, 0.3) is 0 Å². The Morgan fingerprint density at radius 2 is 1.88 bits per heavy atom. The van der Waals surface area contributed by atoms with Crippen LogP contribution in [0.2, 0.25) is 0 Å². The number of amides is 1. The molecule has 2 atom stereocenters. The molecule has 138 valence electrons. The number of hydrogen-bond donors (Lipinski definition) is 1. The summed E-state index contributed by atoms with van der Waals surface area (Å²) < 4.78 is 5.85. The van der Waals surface area contributed by atoms with E-state index < -0.39 is 5.41 Å². The van der Waals surface area contributed by atoms with E-state index in [2.05, 4.69) is 41.7 Å². The third-order valence-electron chi connectivity index (χ3n) is 5.21. The van der Waals surface area contributed by atoms with Crippen LogP contribution < -0.4 is 10.2 Å². The third-order valence-corrected chi connectivity index (χ3v) is 5.21. The van der Waals surface area contributed by atoms with E-state index in [-0.39, 0.29) is 11.8 Å². The summed E-state index contributed by atoms with van der Waals surface area (Å²) in [4.78, 5) is 21.5. The van der Waals surface area contributed by atoms with E-state index in [0.717, 1.165) is 29.1 Å². The summed E-state index contributed by atoms with van der Waals surface area (Å²) in [6.45, 7) is 8.96. The van der Waals surface area contributed by atoms with Crippen molar-refractivity contribution in [3.8, 4) is 5.75 Å². The molecule has 1 saturated heterocycles. The standard InChI is InChI=1S/C21H26N2O3/c1-14-11-19(12-15(2)22-14)25-10-9-17-5-7-18(8-6-17)16(3)21(4)13-26-23-20(21)24/h5-8,11-12,16H,9-10,13H2,1-4H3,(H,23,24)/t16-,21?/m1/s1. The van der Waals surface area contributed by atoms with Crippen molar-refractivity contribution in [1.29, 1.82) is 0 Å². The number of nitrogens with zero attached hydrogens (tertiary/aromatic N) is 1.